The van der Waals surface area contributed by atoms with Crippen LogP contribution >= 0.6 is 0 Å². The standard InChI is InChI=1S/C15H12N2O2/c16-10-11-5-4-8-13(9-11)17-14(15(18)19)12-6-2-1-3-7-12/h1-9,14,17H,(H,18,19)/t14-/m1/s1. The van der Waals surface area contributed by atoms with Gasteiger partial charge >= 0.3 is 5.97 Å². The van der Waals surface area contributed by atoms with Crippen molar-refractivity contribution in [3.05, 3.63) is 65.7 Å². The molecule has 0 bridgehead atoms. The smallest absolute Gasteiger partial charge is 0.330 e. The Hall–Kier alpha value is -2.80. The first-order valence-corrected chi connectivity index (χ1v) is 5.75. The summed E-state index contributed by atoms with van der Waals surface area (Å²) in [4.78, 5) is 11.3. The second kappa shape index (κ2) is 5.69. The van der Waals surface area contributed by atoms with Crippen LogP contribution in [0.5, 0.6) is 0 Å². The molecule has 1 atom stereocenters. The number of aliphatic carboxylic acids is 1. The average Bonchev–Trinajstić information content (AvgIpc) is 2.45. The summed E-state index contributed by atoms with van der Waals surface area (Å²) < 4.78 is 0. The molecule has 2 aromatic carbocycles. The maximum atomic E-state index is 11.3. The largest absolute Gasteiger partial charge is 0.479 e. The Morgan fingerprint density at radius 3 is 2.53 bits per heavy atom. The molecule has 0 saturated carbocycles. The third kappa shape index (κ3) is 3.11. The summed E-state index contributed by atoms with van der Waals surface area (Å²) in [7, 11) is 0. The van der Waals surface area contributed by atoms with Crippen LogP contribution in [0.3, 0.4) is 0 Å². The maximum absolute atomic E-state index is 11.3. The highest BCUT2D eigenvalue weighted by Gasteiger charge is 2.19. The van der Waals surface area contributed by atoms with Gasteiger partial charge in [-0.3, -0.25) is 0 Å². The van der Waals surface area contributed by atoms with Crippen molar-refractivity contribution in [1.82, 2.24) is 0 Å². The number of carbonyl (C=O) groups is 1. The van der Waals surface area contributed by atoms with Gasteiger partial charge in [0.1, 0.15) is 0 Å². The van der Waals surface area contributed by atoms with E-state index in [0.717, 1.165) is 0 Å². The zero-order valence-electron chi connectivity index (χ0n) is 10.1. The number of hydrogen-bond acceptors (Lipinski definition) is 3. The number of benzene rings is 2. The highest BCUT2D eigenvalue weighted by molar-refractivity contribution is 5.79. The van der Waals surface area contributed by atoms with Crippen molar-refractivity contribution in [2.75, 3.05) is 5.32 Å². The number of hydrogen-bond donors (Lipinski definition) is 2. The van der Waals surface area contributed by atoms with Crippen molar-refractivity contribution in [1.29, 1.82) is 5.26 Å². The Bertz CT molecular complexity index is 618. The molecule has 0 fully saturated rings. The normalized spacial score (nSPS) is 11.3. The van der Waals surface area contributed by atoms with Gasteiger partial charge in [0.15, 0.2) is 6.04 Å². The summed E-state index contributed by atoms with van der Waals surface area (Å²) in [6.07, 6.45) is 0. The number of carboxylic acids is 1. The van der Waals surface area contributed by atoms with Crippen molar-refractivity contribution in [2.45, 2.75) is 6.04 Å². The van der Waals surface area contributed by atoms with E-state index in [9.17, 15) is 9.90 Å². The summed E-state index contributed by atoms with van der Waals surface area (Å²) in [5, 5.41) is 21.0. The van der Waals surface area contributed by atoms with Crippen molar-refractivity contribution >= 4 is 11.7 Å². The summed E-state index contributed by atoms with van der Waals surface area (Å²) in [5.74, 6) is -0.964. The lowest BCUT2D eigenvalue weighted by Crippen LogP contribution is -2.20. The van der Waals surface area contributed by atoms with Gasteiger partial charge in [-0.25, -0.2) is 4.79 Å². The van der Waals surface area contributed by atoms with Gasteiger partial charge in [-0.2, -0.15) is 5.26 Å². The molecule has 0 aromatic heterocycles. The molecule has 4 nitrogen and oxygen atoms in total. The molecule has 0 spiro atoms. The summed E-state index contributed by atoms with van der Waals surface area (Å²) in [6, 6.07) is 16.8. The highest BCUT2D eigenvalue weighted by Crippen LogP contribution is 2.20. The van der Waals surface area contributed by atoms with E-state index < -0.39 is 12.0 Å². The van der Waals surface area contributed by atoms with Crippen molar-refractivity contribution in [2.24, 2.45) is 0 Å². The van der Waals surface area contributed by atoms with Gasteiger partial charge in [0.05, 0.1) is 11.6 Å². The van der Waals surface area contributed by atoms with Crippen LogP contribution in [-0.4, -0.2) is 11.1 Å². The SMILES string of the molecule is N#Cc1cccc(N[C@@H](C(=O)O)c2ccccc2)c1. The first kappa shape index (κ1) is 12.7. The predicted octanol–water partition coefficient (Wildman–Crippen LogP) is 2.80. The Labute approximate surface area is 110 Å². The Morgan fingerprint density at radius 2 is 1.89 bits per heavy atom. The second-order valence-electron chi connectivity index (χ2n) is 4.02. The van der Waals surface area contributed by atoms with Gasteiger partial charge in [-0.15, -0.1) is 0 Å². The van der Waals surface area contributed by atoms with E-state index in [1.165, 1.54) is 0 Å². The third-order valence-corrected chi connectivity index (χ3v) is 2.68. The minimum Gasteiger partial charge on any atom is -0.479 e. The van der Waals surface area contributed by atoms with Crippen LogP contribution in [0.2, 0.25) is 0 Å². The van der Waals surface area contributed by atoms with Gasteiger partial charge in [0.25, 0.3) is 0 Å². The molecular formula is C15H12N2O2. The van der Waals surface area contributed by atoms with Gasteiger partial charge in [-0.1, -0.05) is 36.4 Å². The Balaban J connectivity index is 2.27. The molecular weight excluding hydrogens is 240 g/mol. The van der Waals surface area contributed by atoms with Crippen molar-refractivity contribution in [3.63, 3.8) is 0 Å². The number of nitrogens with zero attached hydrogens (tertiary/aromatic N) is 1. The molecule has 0 amide bonds. The van der Waals surface area contributed by atoms with Gasteiger partial charge in [-0.05, 0) is 23.8 Å². The van der Waals surface area contributed by atoms with Crippen LogP contribution in [0.25, 0.3) is 0 Å². The van der Waals surface area contributed by atoms with E-state index in [1.807, 2.05) is 12.1 Å². The number of nitriles is 1. The van der Waals surface area contributed by atoms with Gasteiger partial charge < -0.3 is 10.4 Å². The molecule has 0 heterocycles. The van der Waals surface area contributed by atoms with E-state index in [-0.39, 0.29) is 0 Å². The summed E-state index contributed by atoms with van der Waals surface area (Å²) in [5.41, 5.74) is 1.76. The lowest BCUT2D eigenvalue weighted by molar-refractivity contribution is -0.138. The first-order valence-electron chi connectivity index (χ1n) is 5.75. The zero-order valence-corrected chi connectivity index (χ0v) is 10.1. The first-order chi connectivity index (χ1) is 9.20. The Kier molecular flexibility index (Phi) is 3.79. The maximum Gasteiger partial charge on any atom is 0.330 e. The molecule has 19 heavy (non-hydrogen) atoms. The van der Waals surface area contributed by atoms with Crippen LogP contribution in [0.15, 0.2) is 54.6 Å². The van der Waals surface area contributed by atoms with Crippen LogP contribution in [0.1, 0.15) is 17.2 Å². The minimum atomic E-state index is -0.964. The fraction of sp³-hybridized carbons (Fsp3) is 0.0667. The lowest BCUT2D eigenvalue weighted by atomic mass is 10.1. The molecule has 0 aliphatic heterocycles. The van der Waals surface area contributed by atoms with E-state index in [1.54, 1.807) is 48.5 Å². The fourth-order valence-corrected chi connectivity index (χ4v) is 1.78. The monoisotopic (exact) mass is 252 g/mol. The van der Waals surface area contributed by atoms with Crippen LogP contribution in [0.4, 0.5) is 5.69 Å². The van der Waals surface area contributed by atoms with E-state index >= 15 is 0 Å². The number of nitrogens with one attached hydrogen (secondary N) is 1. The van der Waals surface area contributed by atoms with Crippen molar-refractivity contribution in [3.8, 4) is 6.07 Å². The average molecular weight is 252 g/mol. The molecule has 0 unspecified atom stereocenters. The predicted molar refractivity (Wildman–Crippen MR) is 71.6 cm³/mol. The van der Waals surface area contributed by atoms with Crippen LogP contribution in [-0.2, 0) is 4.79 Å². The summed E-state index contributed by atoms with van der Waals surface area (Å²) >= 11 is 0. The highest BCUT2D eigenvalue weighted by atomic mass is 16.4. The van der Waals surface area contributed by atoms with Crippen LogP contribution < -0.4 is 5.32 Å². The molecule has 0 saturated heterocycles. The zero-order chi connectivity index (χ0) is 13.7. The minimum absolute atomic E-state index is 0.488. The van der Waals surface area contributed by atoms with E-state index in [2.05, 4.69) is 5.32 Å². The second-order valence-corrected chi connectivity index (χ2v) is 4.02. The van der Waals surface area contributed by atoms with Crippen LogP contribution in [0, 0.1) is 11.3 Å². The third-order valence-electron chi connectivity index (χ3n) is 2.68. The fourth-order valence-electron chi connectivity index (χ4n) is 1.78. The summed E-state index contributed by atoms with van der Waals surface area (Å²) in [6.45, 7) is 0. The number of carboxylic acid groups (broad SMARTS) is 1. The molecule has 0 aliphatic rings. The van der Waals surface area contributed by atoms with E-state index in [4.69, 9.17) is 5.26 Å². The quantitative estimate of drug-likeness (QED) is 0.877. The lowest BCUT2D eigenvalue weighted by Gasteiger charge is -2.16. The molecule has 0 radical (unpaired) electrons. The Morgan fingerprint density at radius 1 is 1.16 bits per heavy atom. The molecule has 4 heteroatoms. The topological polar surface area (TPSA) is 73.1 Å². The molecule has 2 rings (SSSR count). The molecule has 0 aliphatic carbocycles. The van der Waals surface area contributed by atoms with Gasteiger partial charge in [0.2, 0.25) is 0 Å². The number of anilines is 1. The number of rotatable bonds is 4. The molecule has 94 valence electrons. The van der Waals surface area contributed by atoms with E-state index in [0.29, 0.717) is 16.8 Å². The molecule has 2 N–H and O–H groups in total. The van der Waals surface area contributed by atoms with Gasteiger partial charge in [0, 0.05) is 5.69 Å². The van der Waals surface area contributed by atoms with Crippen molar-refractivity contribution < 1.29 is 9.90 Å². The molecule has 2 aromatic rings.